The van der Waals surface area contributed by atoms with E-state index in [1.54, 1.807) is 0 Å². The molecule has 4 nitrogen and oxygen atoms in total. The molecule has 1 aliphatic carbocycles. The van der Waals surface area contributed by atoms with Crippen molar-refractivity contribution in [2.45, 2.75) is 32.4 Å². The highest BCUT2D eigenvalue weighted by Crippen LogP contribution is 2.34. The molecule has 1 saturated carbocycles. The lowest BCUT2D eigenvalue weighted by molar-refractivity contribution is 0.224. The summed E-state index contributed by atoms with van der Waals surface area (Å²) < 4.78 is 0. The van der Waals surface area contributed by atoms with E-state index in [0.717, 1.165) is 24.0 Å². The third-order valence-corrected chi connectivity index (χ3v) is 3.37. The number of hydrazine groups is 1. The van der Waals surface area contributed by atoms with E-state index in [1.165, 1.54) is 12.8 Å². The Kier molecular flexibility index (Phi) is 3.41. The van der Waals surface area contributed by atoms with E-state index in [1.807, 2.05) is 18.2 Å². The molecule has 0 radical (unpaired) electrons. The van der Waals surface area contributed by atoms with Crippen LogP contribution in [-0.2, 0) is 6.54 Å². The maximum atomic E-state index is 5.34. The third-order valence-electron chi connectivity index (χ3n) is 3.37. The van der Waals surface area contributed by atoms with Gasteiger partial charge in [-0.15, -0.1) is 0 Å². The zero-order valence-electron chi connectivity index (χ0n) is 9.98. The molecule has 0 spiro atoms. The molecule has 16 heavy (non-hydrogen) atoms. The van der Waals surface area contributed by atoms with Crippen molar-refractivity contribution in [1.29, 1.82) is 0 Å². The lowest BCUT2D eigenvalue weighted by Crippen LogP contribution is -2.30. The number of anilines is 1. The molecule has 0 saturated heterocycles. The van der Waals surface area contributed by atoms with Crippen LogP contribution < -0.4 is 11.3 Å². The smallest absolute Gasteiger partial charge is 0.140 e. The summed E-state index contributed by atoms with van der Waals surface area (Å²) in [6, 6.07) is 6.54. The summed E-state index contributed by atoms with van der Waals surface area (Å²) in [6.07, 6.45) is 2.76. The molecule has 1 unspecified atom stereocenters. The Morgan fingerprint density at radius 2 is 2.31 bits per heavy atom. The van der Waals surface area contributed by atoms with Gasteiger partial charge in [-0.25, -0.2) is 10.8 Å². The van der Waals surface area contributed by atoms with Crippen LogP contribution in [0.25, 0.3) is 0 Å². The first-order chi connectivity index (χ1) is 7.70. The van der Waals surface area contributed by atoms with Crippen LogP contribution in [0.3, 0.4) is 0 Å². The Labute approximate surface area is 96.8 Å². The summed E-state index contributed by atoms with van der Waals surface area (Å²) in [6.45, 7) is 3.18. The number of nitrogens with one attached hydrogen (secondary N) is 1. The van der Waals surface area contributed by atoms with Crippen molar-refractivity contribution in [2.24, 2.45) is 11.8 Å². The number of hydrogen-bond donors (Lipinski definition) is 2. The van der Waals surface area contributed by atoms with Crippen molar-refractivity contribution in [3.8, 4) is 0 Å². The van der Waals surface area contributed by atoms with Gasteiger partial charge in [-0.1, -0.05) is 6.07 Å². The van der Waals surface area contributed by atoms with E-state index in [9.17, 15) is 0 Å². The average molecular weight is 220 g/mol. The largest absolute Gasteiger partial charge is 0.308 e. The molecule has 0 bridgehead atoms. The van der Waals surface area contributed by atoms with Gasteiger partial charge in [0.05, 0.1) is 5.69 Å². The molecule has 3 N–H and O–H groups in total. The van der Waals surface area contributed by atoms with Crippen LogP contribution in [-0.4, -0.2) is 23.0 Å². The van der Waals surface area contributed by atoms with Crippen LogP contribution >= 0.6 is 0 Å². The highest BCUT2D eigenvalue weighted by atomic mass is 15.3. The van der Waals surface area contributed by atoms with Gasteiger partial charge in [-0.05, 0) is 44.9 Å². The maximum absolute atomic E-state index is 5.34. The third kappa shape index (κ3) is 2.71. The van der Waals surface area contributed by atoms with Crippen molar-refractivity contribution in [2.75, 3.05) is 12.5 Å². The molecule has 1 fully saturated rings. The summed E-state index contributed by atoms with van der Waals surface area (Å²) in [4.78, 5) is 6.78. The van der Waals surface area contributed by atoms with Crippen LogP contribution in [0.15, 0.2) is 18.2 Å². The van der Waals surface area contributed by atoms with Crippen LogP contribution in [0.5, 0.6) is 0 Å². The molecular weight excluding hydrogens is 200 g/mol. The summed E-state index contributed by atoms with van der Waals surface area (Å²) in [5, 5.41) is 0. The number of nitrogens with two attached hydrogens (primary N) is 1. The van der Waals surface area contributed by atoms with E-state index >= 15 is 0 Å². The minimum atomic E-state index is 0.649. The standard InChI is InChI=1S/C12H20N4/c1-9(10-6-7-10)16(2)8-11-4-3-5-12(14-11)15-13/h3-5,9-10H,6-8,13H2,1-2H3,(H,14,15). The number of aromatic nitrogens is 1. The van der Waals surface area contributed by atoms with Crippen LogP contribution in [0.2, 0.25) is 0 Å². The summed E-state index contributed by atoms with van der Waals surface area (Å²) in [7, 11) is 2.16. The predicted octanol–water partition coefficient (Wildman–Crippen LogP) is 1.60. The number of nitrogens with zero attached hydrogens (tertiary/aromatic N) is 2. The van der Waals surface area contributed by atoms with E-state index in [2.05, 4.69) is 29.3 Å². The number of nitrogen functional groups attached to an aromatic ring is 1. The Morgan fingerprint density at radius 3 is 2.94 bits per heavy atom. The maximum Gasteiger partial charge on any atom is 0.140 e. The van der Waals surface area contributed by atoms with Gasteiger partial charge in [0, 0.05) is 12.6 Å². The molecule has 0 amide bonds. The molecule has 1 aliphatic rings. The Morgan fingerprint density at radius 1 is 1.56 bits per heavy atom. The summed E-state index contributed by atoms with van der Waals surface area (Å²) in [5.74, 6) is 6.96. The van der Waals surface area contributed by atoms with Gasteiger partial charge in [0.25, 0.3) is 0 Å². The lowest BCUT2D eigenvalue weighted by Gasteiger charge is -2.24. The van der Waals surface area contributed by atoms with Gasteiger partial charge in [0.2, 0.25) is 0 Å². The topological polar surface area (TPSA) is 54.2 Å². The zero-order chi connectivity index (χ0) is 11.5. The van der Waals surface area contributed by atoms with Crippen LogP contribution in [0.4, 0.5) is 5.82 Å². The fraction of sp³-hybridized carbons (Fsp3) is 0.583. The van der Waals surface area contributed by atoms with Gasteiger partial charge in [0.15, 0.2) is 0 Å². The minimum Gasteiger partial charge on any atom is -0.308 e. The first kappa shape index (κ1) is 11.4. The number of pyridine rings is 1. The quantitative estimate of drug-likeness (QED) is 0.584. The Balaban J connectivity index is 1.96. The fourth-order valence-corrected chi connectivity index (χ4v) is 1.99. The lowest BCUT2D eigenvalue weighted by atomic mass is 10.2. The SMILES string of the molecule is CC(C1CC1)N(C)Cc1cccc(NN)n1. The average Bonchev–Trinajstić information content (AvgIpc) is 3.12. The van der Waals surface area contributed by atoms with Crippen molar-refractivity contribution in [1.82, 2.24) is 9.88 Å². The van der Waals surface area contributed by atoms with Gasteiger partial charge in [0.1, 0.15) is 5.82 Å². The van der Waals surface area contributed by atoms with Gasteiger partial charge < -0.3 is 5.43 Å². The van der Waals surface area contributed by atoms with Crippen molar-refractivity contribution < 1.29 is 0 Å². The first-order valence-electron chi connectivity index (χ1n) is 5.83. The van der Waals surface area contributed by atoms with E-state index in [4.69, 9.17) is 5.84 Å². The van der Waals surface area contributed by atoms with Crippen molar-refractivity contribution >= 4 is 5.82 Å². The van der Waals surface area contributed by atoms with E-state index < -0.39 is 0 Å². The predicted molar refractivity (Wildman–Crippen MR) is 65.7 cm³/mol. The zero-order valence-corrected chi connectivity index (χ0v) is 9.98. The highest BCUT2D eigenvalue weighted by molar-refractivity contribution is 5.33. The molecule has 2 rings (SSSR count). The molecule has 1 aromatic rings. The molecular formula is C12H20N4. The molecule has 4 heteroatoms. The molecule has 1 heterocycles. The van der Waals surface area contributed by atoms with Gasteiger partial charge in [-0.2, -0.15) is 0 Å². The Bertz CT molecular complexity index is 349. The molecule has 0 aliphatic heterocycles. The van der Waals surface area contributed by atoms with E-state index in [-0.39, 0.29) is 0 Å². The normalized spacial score (nSPS) is 17.5. The second-order valence-corrected chi connectivity index (χ2v) is 4.65. The van der Waals surface area contributed by atoms with Crippen molar-refractivity contribution in [3.63, 3.8) is 0 Å². The second kappa shape index (κ2) is 4.80. The summed E-state index contributed by atoms with van der Waals surface area (Å²) in [5.41, 5.74) is 3.64. The molecule has 1 aromatic heterocycles. The number of rotatable bonds is 5. The van der Waals surface area contributed by atoms with E-state index in [0.29, 0.717) is 6.04 Å². The van der Waals surface area contributed by atoms with Crippen LogP contribution in [0, 0.1) is 5.92 Å². The van der Waals surface area contributed by atoms with Gasteiger partial charge >= 0.3 is 0 Å². The van der Waals surface area contributed by atoms with Crippen molar-refractivity contribution in [3.05, 3.63) is 23.9 Å². The molecule has 1 atom stereocenters. The van der Waals surface area contributed by atoms with Crippen LogP contribution in [0.1, 0.15) is 25.5 Å². The minimum absolute atomic E-state index is 0.649. The van der Waals surface area contributed by atoms with Gasteiger partial charge in [-0.3, -0.25) is 4.90 Å². The first-order valence-corrected chi connectivity index (χ1v) is 5.83. The highest BCUT2D eigenvalue weighted by Gasteiger charge is 2.30. The molecule has 0 aromatic carbocycles. The Hall–Kier alpha value is -1.13. The second-order valence-electron chi connectivity index (χ2n) is 4.65. The number of hydrogen-bond acceptors (Lipinski definition) is 4. The fourth-order valence-electron chi connectivity index (χ4n) is 1.99. The monoisotopic (exact) mass is 220 g/mol. The molecule has 88 valence electrons. The summed E-state index contributed by atoms with van der Waals surface area (Å²) >= 11 is 0.